The van der Waals surface area contributed by atoms with Gasteiger partial charge in [0.2, 0.25) is 0 Å². The SMILES string of the molecule is O=C1C2CC=CC2C1(Br)Br. The fourth-order valence-corrected chi connectivity index (χ4v) is 3.14. The lowest BCUT2D eigenvalue weighted by molar-refractivity contribution is -0.131. The van der Waals surface area contributed by atoms with Crippen molar-refractivity contribution >= 4 is 37.6 Å². The summed E-state index contributed by atoms with van der Waals surface area (Å²) in [4.78, 5) is 11.2. The average Bonchev–Trinajstić information content (AvgIpc) is 2.31. The zero-order chi connectivity index (χ0) is 7.35. The minimum atomic E-state index is -0.419. The Morgan fingerprint density at radius 2 is 2.30 bits per heavy atom. The molecule has 54 valence electrons. The monoisotopic (exact) mass is 264 g/mol. The van der Waals surface area contributed by atoms with E-state index in [0.29, 0.717) is 11.7 Å². The number of allylic oxidation sites excluding steroid dienone is 2. The van der Waals surface area contributed by atoms with Crippen molar-refractivity contribution in [2.75, 3.05) is 0 Å². The van der Waals surface area contributed by atoms with Crippen LogP contribution < -0.4 is 0 Å². The lowest BCUT2D eigenvalue weighted by Gasteiger charge is -2.41. The molecule has 1 nitrogen and oxygen atoms in total. The van der Waals surface area contributed by atoms with Gasteiger partial charge in [0.25, 0.3) is 0 Å². The van der Waals surface area contributed by atoms with Gasteiger partial charge < -0.3 is 0 Å². The van der Waals surface area contributed by atoms with Crippen LogP contribution in [0.3, 0.4) is 0 Å². The Kier molecular flexibility index (Phi) is 1.37. The molecule has 0 aromatic rings. The fourth-order valence-electron chi connectivity index (χ4n) is 1.61. The van der Waals surface area contributed by atoms with E-state index in [1.165, 1.54) is 0 Å². The predicted molar refractivity (Wildman–Crippen MR) is 46.3 cm³/mol. The van der Waals surface area contributed by atoms with Gasteiger partial charge in [-0.2, -0.15) is 0 Å². The molecule has 0 saturated heterocycles. The maximum absolute atomic E-state index is 11.2. The first-order chi connectivity index (χ1) is 4.64. The minimum Gasteiger partial charge on any atom is -0.297 e. The number of alkyl halides is 2. The van der Waals surface area contributed by atoms with Crippen LogP contribution in [0.2, 0.25) is 0 Å². The molecule has 2 atom stereocenters. The molecular weight excluding hydrogens is 260 g/mol. The summed E-state index contributed by atoms with van der Waals surface area (Å²) in [5.41, 5.74) is 0. The maximum atomic E-state index is 11.2. The number of carbonyl (C=O) groups excluding carboxylic acids is 1. The standard InChI is InChI=1S/C7H6Br2O/c8-7(9)5-3-1-2-4(5)6(7)10/h1,3-5H,2H2. The third-order valence-electron chi connectivity index (χ3n) is 2.25. The van der Waals surface area contributed by atoms with Crippen LogP contribution in [-0.2, 0) is 4.79 Å². The number of carbonyl (C=O) groups is 1. The Hall–Kier alpha value is 0.370. The molecule has 0 amide bonds. The Morgan fingerprint density at radius 1 is 1.60 bits per heavy atom. The zero-order valence-corrected chi connectivity index (χ0v) is 8.35. The molecule has 2 unspecified atom stereocenters. The summed E-state index contributed by atoms with van der Waals surface area (Å²) in [6.07, 6.45) is 5.12. The van der Waals surface area contributed by atoms with Crippen molar-refractivity contribution in [1.82, 2.24) is 0 Å². The number of ketones is 1. The molecule has 2 aliphatic carbocycles. The molecule has 0 aromatic heterocycles. The number of halogens is 2. The highest BCUT2D eigenvalue weighted by Gasteiger charge is 2.58. The van der Waals surface area contributed by atoms with Crippen molar-refractivity contribution in [3.63, 3.8) is 0 Å². The minimum absolute atomic E-state index is 0.263. The summed E-state index contributed by atoms with van der Waals surface area (Å²) in [5.74, 6) is 0.946. The highest BCUT2D eigenvalue weighted by Crippen LogP contribution is 2.55. The summed E-state index contributed by atoms with van der Waals surface area (Å²) in [7, 11) is 0. The molecule has 1 fully saturated rings. The van der Waals surface area contributed by atoms with Gasteiger partial charge in [-0.1, -0.05) is 44.0 Å². The van der Waals surface area contributed by atoms with Gasteiger partial charge in [-0.25, -0.2) is 0 Å². The molecular formula is C7H6Br2O. The van der Waals surface area contributed by atoms with Crippen LogP contribution in [-0.4, -0.2) is 9.02 Å². The second-order valence-corrected chi connectivity index (χ2v) is 6.35. The second kappa shape index (κ2) is 1.95. The summed E-state index contributed by atoms with van der Waals surface area (Å²) in [6, 6.07) is 0. The summed E-state index contributed by atoms with van der Waals surface area (Å²) >= 11 is 6.71. The van der Waals surface area contributed by atoms with Crippen molar-refractivity contribution in [1.29, 1.82) is 0 Å². The van der Waals surface area contributed by atoms with E-state index in [0.717, 1.165) is 6.42 Å². The van der Waals surface area contributed by atoms with Crippen LogP contribution in [0.4, 0.5) is 0 Å². The van der Waals surface area contributed by atoms with E-state index in [1.54, 1.807) is 0 Å². The molecule has 0 spiro atoms. The van der Waals surface area contributed by atoms with Gasteiger partial charge in [0, 0.05) is 11.8 Å². The van der Waals surface area contributed by atoms with Gasteiger partial charge in [0.1, 0.15) is 3.23 Å². The Labute approximate surface area is 76.1 Å². The Balaban J connectivity index is 2.29. The molecule has 3 heteroatoms. The molecule has 0 heterocycles. The number of fused-ring (bicyclic) bond motifs is 1. The third-order valence-corrected chi connectivity index (χ3v) is 4.09. The first-order valence-corrected chi connectivity index (χ1v) is 4.81. The van der Waals surface area contributed by atoms with Gasteiger partial charge in [-0.05, 0) is 6.42 Å². The van der Waals surface area contributed by atoms with Gasteiger partial charge in [-0.3, -0.25) is 4.79 Å². The third kappa shape index (κ3) is 0.654. The smallest absolute Gasteiger partial charge is 0.164 e. The largest absolute Gasteiger partial charge is 0.297 e. The number of hydrogen-bond donors (Lipinski definition) is 0. The lowest BCUT2D eigenvalue weighted by atomic mass is 9.74. The van der Waals surface area contributed by atoms with Gasteiger partial charge in [0.15, 0.2) is 5.78 Å². The van der Waals surface area contributed by atoms with Crippen LogP contribution in [0.25, 0.3) is 0 Å². The predicted octanol–water partition coefficient (Wildman–Crippen LogP) is 2.25. The Bertz CT molecular complexity index is 220. The summed E-state index contributed by atoms with van der Waals surface area (Å²) in [5, 5.41) is 0. The van der Waals surface area contributed by atoms with E-state index < -0.39 is 3.23 Å². The molecule has 0 radical (unpaired) electrons. The van der Waals surface area contributed by atoms with Crippen molar-refractivity contribution < 1.29 is 4.79 Å². The number of rotatable bonds is 0. The fraction of sp³-hybridized carbons (Fsp3) is 0.571. The molecule has 2 aliphatic rings. The quantitative estimate of drug-likeness (QED) is 0.485. The van der Waals surface area contributed by atoms with Gasteiger partial charge >= 0.3 is 0 Å². The topological polar surface area (TPSA) is 17.1 Å². The first kappa shape index (κ1) is 7.04. The van der Waals surface area contributed by atoms with Crippen LogP contribution in [0, 0.1) is 11.8 Å². The highest BCUT2D eigenvalue weighted by atomic mass is 79.9. The average molecular weight is 266 g/mol. The van der Waals surface area contributed by atoms with E-state index in [1.807, 2.05) is 0 Å². The molecule has 10 heavy (non-hydrogen) atoms. The van der Waals surface area contributed by atoms with E-state index in [4.69, 9.17) is 0 Å². The molecule has 0 aromatic carbocycles. The molecule has 1 saturated carbocycles. The summed E-state index contributed by atoms with van der Waals surface area (Å²) in [6.45, 7) is 0. The normalized spacial score (nSPS) is 41.2. The first-order valence-electron chi connectivity index (χ1n) is 3.23. The van der Waals surface area contributed by atoms with Crippen molar-refractivity contribution in [3.8, 4) is 0 Å². The van der Waals surface area contributed by atoms with Crippen LogP contribution in [0.5, 0.6) is 0 Å². The zero-order valence-electron chi connectivity index (χ0n) is 5.18. The van der Waals surface area contributed by atoms with Crippen molar-refractivity contribution in [2.24, 2.45) is 11.8 Å². The number of hydrogen-bond acceptors (Lipinski definition) is 1. The summed E-state index contributed by atoms with van der Waals surface area (Å²) < 4.78 is -0.419. The molecule has 0 N–H and O–H groups in total. The van der Waals surface area contributed by atoms with Crippen LogP contribution in [0.1, 0.15) is 6.42 Å². The van der Waals surface area contributed by atoms with E-state index in [9.17, 15) is 4.79 Å². The second-order valence-electron chi connectivity index (χ2n) is 2.78. The highest BCUT2D eigenvalue weighted by molar-refractivity contribution is 9.26. The van der Waals surface area contributed by atoms with Crippen molar-refractivity contribution in [3.05, 3.63) is 12.2 Å². The van der Waals surface area contributed by atoms with E-state index >= 15 is 0 Å². The number of Topliss-reactive ketones (excluding diaryl/α,β-unsaturated/α-hetero) is 1. The van der Waals surface area contributed by atoms with Crippen LogP contribution >= 0.6 is 31.9 Å². The molecule has 0 bridgehead atoms. The molecule has 2 rings (SSSR count). The lowest BCUT2D eigenvalue weighted by Crippen LogP contribution is -2.52. The van der Waals surface area contributed by atoms with E-state index in [2.05, 4.69) is 44.0 Å². The van der Waals surface area contributed by atoms with E-state index in [-0.39, 0.29) is 5.92 Å². The van der Waals surface area contributed by atoms with Gasteiger partial charge in [0.05, 0.1) is 0 Å². The molecule has 0 aliphatic heterocycles. The Morgan fingerprint density at radius 3 is 2.90 bits per heavy atom. The maximum Gasteiger partial charge on any atom is 0.164 e. The van der Waals surface area contributed by atoms with Gasteiger partial charge in [-0.15, -0.1) is 0 Å². The van der Waals surface area contributed by atoms with Crippen LogP contribution in [0.15, 0.2) is 12.2 Å². The van der Waals surface area contributed by atoms with Crippen molar-refractivity contribution in [2.45, 2.75) is 9.65 Å².